The number of nitrogens with one attached hydrogen (secondary N) is 1. The molecular weight excluding hydrogens is 256 g/mol. The molecular formula is C15H24N2O3. The van der Waals surface area contributed by atoms with E-state index in [2.05, 4.69) is 5.32 Å². The number of nitrogens with zero attached hydrogens (tertiary/aromatic N) is 1. The van der Waals surface area contributed by atoms with Crippen LogP contribution in [0.1, 0.15) is 13.8 Å². The topological polar surface area (TPSA) is 50.8 Å². The van der Waals surface area contributed by atoms with Crippen molar-refractivity contribution in [1.82, 2.24) is 5.32 Å². The molecule has 0 saturated carbocycles. The van der Waals surface area contributed by atoms with E-state index in [0.717, 1.165) is 11.4 Å². The average Bonchev–Trinajstić information content (AvgIpc) is 2.45. The number of likely N-dealkylation sites (N-methyl/N-ethyl adjacent to an activating group) is 1. The van der Waals surface area contributed by atoms with Crippen LogP contribution in [0.3, 0.4) is 0 Å². The van der Waals surface area contributed by atoms with Gasteiger partial charge in [0.1, 0.15) is 17.9 Å². The van der Waals surface area contributed by atoms with Crippen molar-refractivity contribution in [2.45, 2.75) is 19.4 Å². The number of esters is 1. The van der Waals surface area contributed by atoms with Crippen molar-refractivity contribution in [2.24, 2.45) is 0 Å². The SMILES string of the molecule is CCNC(C)(COc1cccc(N(C)C)c1)C(=O)OC. The molecule has 0 aliphatic heterocycles. The lowest BCUT2D eigenvalue weighted by Crippen LogP contribution is -2.54. The summed E-state index contributed by atoms with van der Waals surface area (Å²) < 4.78 is 10.6. The first-order valence-electron chi connectivity index (χ1n) is 6.66. The van der Waals surface area contributed by atoms with Crippen LogP contribution in [0.4, 0.5) is 5.69 Å². The van der Waals surface area contributed by atoms with Gasteiger partial charge in [-0.25, -0.2) is 4.79 Å². The summed E-state index contributed by atoms with van der Waals surface area (Å²) in [6.07, 6.45) is 0. The van der Waals surface area contributed by atoms with Gasteiger partial charge in [-0.15, -0.1) is 0 Å². The minimum absolute atomic E-state index is 0.213. The third kappa shape index (κ3) is 4.13. The Morgan fingerprint density at radius 3 is 2.65 bits per heavy atom. The number of carbonyl (C=O) groups is 1. The van der Waals surface area contributed by atoms with Gasteiger partial charge in [0.15, 0.2) is 0 Å². The first-order valence-corrected chi connectivity index (χ1v) is 6.66. The van der Waals surface area contributed by atoms with Crippen molar-refractivity contribution < 1.29 is 14.3 Å². The number of methoxy groups -OCH3 is 1. The van der Waals surface area contributed by atoms with Crippen LogP contribution < -0.4 is 15.0 Å². The van der Waals surface area contributed by atoms with E-state index in [1.807, 2.05) is 50.2 Å². The van der Waals surface area contributed by atoms with Crippen molar-refractivity contribution in [2.75, 3.05) is 39.3 Å². The Morgan fingerprint density at radius 2 is 2.10 bits per heavy atom. The fraction of sp³-hybridized carbons (Fsp3) is 0.533. The quantitative estimate of drug-likeness (QED) is 0.770. The lowest BCUT2D eigenvalue weighted by molar-refractivity contribution is -0.149. The number of hydrogen-bond donors (Lipinski definition) is 1. The molecule has 1 unspecified atom stereocenters. The molecule has 1 aromatic carbocycles. The van der Waals surface area contributed by atoms with Crippen molar-refractivity contribution >= 4 is 11.7 Å². The van der Waals surface area contributed by atoms with E-state index < -0.39 is 5.54 Å². The number of benzene rings is 1. The van der Waals surface area contributed by atoms with E-state index in [0.29, 0.717) is 6.54 Å². The molecule has 0 fully saturated rings. The van der Waals surface area contributed by atoms with Crippen molar-refractivity contribution in [3.8, 4) is 5.75 Å². The van der Waals surface area contributed by atoms with Crippen LogP contribution in [0.25, 0.3) is 0 Å². The minimum Gasteiger partial charge on any atom is -0.491 e. The number of rotatable bonds is 7. The molecule has 0 radical (unpaired) electrons. The largest absolute Gasteiger partial charge is 0.491 e. The van der Waals surface area contributed by atoms with Gasteiger partial charge in [0.05, 0.1) is 7.11 Å². The van der Waals surface area contributed by atoms with Gasteiger partial charge in [-0.3, -0.25) is 5.32 Å². The molecule has 112 valence electrons. The molecule has 5 heteroatoms. The maximum atomic E-state index is 11.8. The Bertz CT molecular complexity index is 448. The van der Waals surface area contributed by atoms with E-state index >= 15 is 0 Å². The molecule has 0 bridgehead atoms. The van der Waals surface area contributed by atoms with Gasteiger partial charge in [-0.1, -0.05) is 13.0 Å². The molecule has 1 N–H and O–H groups in total. The summed E-state index contributed by atoms with van der Waals surface area (Å²) in [5.74, 6) is 0.396. The molecule has 0 aromatic heterocycles. The molecule has 0 amide bonds. The zero-order chi connectivity index (χ0) is 15.2. The third-order valence-electron chi connectivity index (χ3n) is 3.06. The smallest absolute Gasteiger partial charge is 0.329 e. The van der Waals surface area contributed by atoms with Gasteiger partial charge in [-0.05, 0) is 25.6 Å². The summed E-state index contributed by atoms with van der Waals surface area (Å²) in [6.45, 7) is 4.59. The molecule has 0 aliphatic carbocycles. The van der Waals surface area contributed by atoms with E-state index in [1.54, 1.807) is 6.92 Å². The lowest BCUT2D eigenvalue weighted by atomic mass is 10.0. The molecule has 1 rings (SSSR count). The summed E-state index contributed by atoms with van der Waals surface area (Å²) in [4.78, 5) is 13.8. The maximum absolute atomic E-state index is 11.8. The van der Waals surface area contributed by atoms with Crippen LogP contribution >= 0.6 is 0 Å². The van der Waals surface area contributed by atoms with Crippen molar-refractivity contribution in [3.63, 3.8) is 0 Å². The Hall–Kier alpha value is -1.75. The molecule has 0 saturated heterocycles. The fourth-order valence-corrected chi connectivity index (χ4v) is 1.88. The lowest BCUT2D eigenvalue weighted by Gasteiger charge is -2.27. The Balaban J connectivity index is 2.77. The number of hydrogen-bond acceptors (Lipinski definition) is 5. The summed E-state index contributed by atoms with van der Waals surface area (Å²) >= 11 is 0. The zero-order valence-corrected chi connectivity index (χ0v) is 12.9. The van der Waals surface area contributed by atoms with E-state index in [1.165, 1.54) is 7.11 Å². The molecule has 1 aromatic rings. The summed E-state index contributed by atoms with van der Waals surface area (Å²) in [5, 5.41) is 3.11. The third-order valence-corrected chi connectivity index (χ3v) is 3.06. The second-order valence-electron chi connectivity index (χ2n) is 5.03. The molecule has 0 spiro atoms. The van der Waals surface area contributed by atoms with Gasteiger partial charge in [0.2, 0.25) is 0 Å². The summed E-state index contributed by atoms with van der Waals surface area (Å²) in [7, 11) is 5.32. The zero-order valence-electron chi connectivity index (χ0n) is 12.9. The Morgan fingerprint density at radius 1 is 1.40 bits per heavy atom. The molecule has 5 nitrogen and oxygen atoms in total. The molecule has 20 heavy (non-hydrogen) atoms. The normalized spacial score (nSPS) is 13.4. The van der Waals surface area contributed by atoms with Crippen LogP contribution in [-0.4, -0.2) is 45.9 Å². The first kappa shape index (κ1) is 16.3. The first-order chi connectivity index (χ1) is 9.42. The molecule has 1 atom stereocenters. The van der Waals surface area contributed by atoms with Crippen LogP contribution in [-0.2, 0) is 9.53 Å². The second kappa shape index (κ2) is 7.14. The van der Waals surface area contributed by atoms with Gasteiger partial charge in [0, 0.05) is 25.8 Å². The number of carbonyl (C=O) groups excluding carboxylic acids is 1. The summed E-state index contributed by atoms with van der Waals surface area (Å²) in [6, 6.07) is 7.73. The van der Waals surface area contributed by atoms with Crippen LogP contribution in [0.2, 0.25) is 0 Å². The van der Waals surface area contributed by atoms with E-state index in [9.17, 15) is 4.79 Å². The van der Waals surface area contributed by atoms with Crippen molar-refractivity contribution in [1.29, 1.82) is 0 Å². The monoisotopic (exact) mass is 280 g/mol. The summed E-state index contributed by atoms with van der Waals surface area (Å²) in [5.41, 5.74) is 0.197. The minimum atomic E-state index is -0.850. The highest BCUT2D eigenvalue weighted by atomic mass is 16.5. The van der Waals surface area contributed by atoms with Gasteiger partial charge >= 0.3 is 5.97 Å². The molecule has 0 heterocycles. The predicted molar refractivity (Wildman–Crippen MR) is 80.4 cm³/mol. The van der Waals surface area contributed by atoms with Crippen LogP contribution in [0.5, 0.6) is 5.75 Å². The fourth-order valence-electron chi connectivity index (χ4n) is 1.88. The van der Waals surface area contributed by atoms with Crippen LogP contribution in [0, 0.1) is 0 Å². The maximum Gasteiger partial charge on any atom is 0.329 e. The average molecular weight is 280 g/mol. The Labute approximate surface area is 120 Å². The molecule has 0 aliphatic rings. The van der Waals surface area contributed by atoms with E-state index in [-0.39, 0.29) is 12.6 Å². The number of anilines is 1. The predicted octanol–water partition coefficient (Wildman–Crippen LogP) is 1.67. The van der Waals surface area contributed by atoms with Crippen LogP contribution in [0.15, 0.2) is 24.3 Å². The highest BCUT2D eigenvalue weighted by Crippen LogP contribution is 2.20. The highest BCUT2D eigenvalue weighted by Gasteiger charge is 2.34. The van der Waals surface area contributed by atoms with Gasteiger partial charge in [-0.2, -0.15) is 0 Å². The second-order valence-corrected chi connectivity index (χ2v) is 5.03. The van der Waals surface area contributed by atoms with Crippen molar-refractivity contribution in [3.05, 3.63) is 24.3 Å². The van der Waals surface area contributed by atoms with Gasteiger partial charge in [0.25, 0.3) is 0 Å². The number of ether oxygens (including phenoxy) is 2. The van der Waals surface area contributed by atoms with Gasteiger partial charge < -0.3 is 14.4 Å². The highest BCUT2D eigenvalue weighted by molar-refractivity contribution is 5.80. The van der Waals surface area contributed by atoms with E-state index in [4.69, 9.17) is 9.47 Å². The Kier molecular flexibility index (Phi) is 5.82. The standard InChI is InChI=1S/C15H24N2O3/c1-6-16-15(2,14(18)19-5)11-20-13-9-7-8-12(10-13)17(3)4/h7-10,16H,6,11H2,1-5H3.